The van der Waals surface area contributed by atoms with E-state index in [2.05, 4.69) is 5.32 Å². The Balaban J connectivity index is 2.67. The first kappa shape index (κ1) is 16.7. The van der Waals surface area contributed by atoms with E-state index in [1.54, 1.807) is 11.8 Å². The third-order valence-corrected chi connectivity index (χ3v) is 3.53. The second kappa shape index (κ2) is 6.88. The summed E-state index contributed by atoms with van der Waals surface area (Å²) in [5.41, 5.74) is 4.09. The Kier molecular flexibility index (Phi) is 5.74. The molecule has 0 aliphatic rings. The highest BCUT2D eigenvalue weighted by atomic mass is 32.2. The second-order valence-electron chi connectivity index (χ2n) is 4.52. The van der Waals surface area contributed by atoms with Crippen LogP contribution in [0.5, 0.6) is 0 Å². The number of benzene rings is 1. The Labute approximate surface area is 120 Å². The smallest absolute Gasteiger partial charge is 0.398 e. The minimum Gasteiger partial charge on any atom is -0.398 e. The third kappa shape index (κ3) is 5.32. The molecule has 7 heteroatoms. The Bertz CT molecular complexity index is 475. The minimum absolute atomic E-state index is 0.103. The van der Waals surface area contributed by atoms with Gasteiger partial charge in [0.25, 0.3) is 0 Å². The lowest BCUT2D eigenvalue weighted by Crippen LogP contribution is -2.15. The molecule has 1 aromatic rings. The summed E-state index contributed by atoms with van der Waals surface area (Å²) >= 11 is 1.62. The lowest BCUT2D eigenvalue weighted by Gasteiger charge is -2.12. The van der Waals surface area contributed by atoms with E-state index in [1.165, 1.54) is 6.07 Å². The highest BCUT2D eigenvalue weighted by Gasteiger charge is 2.33. The molecule has 112 valence electrons. The van der Waals surface area contributed by atoms with E-state index in [1.807, 2.05) is 13.8 Å². The topological polar surface area (TPSA) is 55.1 Å². The zero-order valence-electron chi connectivity index (χ0n) is 11.3. The number of thioether (sulfide) groups is 1. The molecule has 0 radical (unpaired) electrons. The van der Waals surface area contributed by atoms with Gasteiger partial charge >= 0.3 is 6.18 Å². The van der Waals surface area contributed by atoms with Crippen LogP contribution in [0.4, 0.5) is 24.5 Å². The molecule has 3 nitrogen and oxygen atoms in total. The van der Waals surface area contributed by atoms with Gasteiger partial charge in [0.05, 0.1) is 5.56 Å². The lowest BCUT2D eigenvalue weighted by atomic mass is 10.1. The number of nitrogens with one attached hydrogen (secondary N) is 1. The van der Waals surface area contributed by atoms with E-state index < -0.39 is 11.7 Å². The van der Waals surface area contributed by atoms with Gasteiger partial charge in [-0.1, -0.05) is 13.8 Å². The molecule has 0 unspecified atom stereocenters. The van der Waals surface area contributed by atoms with Crippen LogP contribution in [0.15, 0.2) is 18.2 Å². The first-order chi connectivity index (χ1) is 9.20. The van der Waals surface area contributed by atoms with E-state index in [0.29, 0.717) is 11.0 Å². The quantitative estimate of drug-likeness (QED) is 0.814. The number of amides is 1. The molecule has 0 fully saturated rings. The molecule has 1 aromatic carbocycles. The maximum absolute atomic E-state index is 12.7. The van der Waals surface area contributed by atoms with Crippen LogP contribution in [0.25, 0.3) is 0 Å². The van der Waals surface area contributed by atoms with Crippen molar-refractivity contribution in [1.29, 1.82) is 0 Å². The molecular weight excluding hydrogens is 289 g/mol. The number of carbonyl (C=O) groups is 1. The van der Waals surface area contributed by atoms with Gasteiger partial charge in [-0.2, -0.15) is 24.9 Å². The lowest BCUT2D eigenvalue weighted by molar-refractivity contribution is -0.136. The zero-order chi connectivity index (χ0) is 15.3. The second-order valence-corrected chi connectivity index (χ2v) is 6.20. The molecule has 0 heterocycles. The summed E-state index contributed by atoms with van der Waals surface area (Å²) in [5.74, 6) is 0.320. The molecule has 0 aromatic heterocycles. The standard InChI is InChI=1S/C13H17F3N2OS/c1-8(2)20-6-5-12(19)18-9-3-4-11(17)10(7-9)13(14,15)16/h3-4,7-8H,5-6,17H2,1-2H3,(H,18,19). The van der Waals surface area contributed by atoms with Crippen molar-refractivity contribution in [1.82, 2.24) is 0 Å². The van der Waals surface area contributed by atoms with E-state index in [-0.39, 0.29) is 23.7 Å². The number of hydrogen-bond acceptors (Lipinski definition) is 3. The van der Waals surface area contributed by atoms with Crippen molar-refractivity contribution in [3.05, 3.63) is 23.8 Å². The number of carbonyl (C=O) groups excluding carboxylic acids is 1. The highest BCUT2D eigenvalue weighted by Crippen LogP contribution is 2.35. The Morgan fingerprint density at radius 2 is 2.05 bits per heavy atom. The van der Waals surface area contributed by atoms with Crippen molar-refractivity contribution in [2.75, 3.05) is 16.8 Å². The SMILES string of the molecule is CC(C)SCCC(=O)Nc1ccc(N)c(C(F)(F)F)c1. The third-order valence-electron chi connectivity index (χ3n) is 2.42. The largest absolute Gasteiger partial charge is 0.418 e. The van der Waals surface area contributed by atoms with Gasteiger partial charge in [0.15, 0.2) is 0 Å². The summed E-state index contributed by atoms with van der Waals surface area (Å²) < 4.78 is 38.0. The predicted octanol–water partition coefficient (Wildman–Crippen LogP) is 3.76. The summed E-state index contributed by atoms with van der Waals surface area (Å²) in [6, 6.07) is 3.35. The molecule has 20 heavy (non-hydrogen) atoms. The first-order valence-electron chi connectivity index (χ1n) is 6.08. The molecule has 0 atom stereocenters. The summed E-state index contributed by atoms with van der Waals surface area (Å²) in [6.45, 7) is 4.02. The van der Waals surface area contributed by atoms with Crippen molar-refractivity contribution in [3.8, 4) is 0 Å². The van der Waals surface area contributed by atoms with Crippen molar-refractivity contribution in [2.24, 2.45) is 0 Å². The van der Waals surface area contributed by atoms with Gasteiger partial charge in [0, 0.05) is 23.5 Å². The Morgan fingerprint density at radius 1 is 1.40 bits per heavy atom. The summed E-state index contributed by atoms with van der Waals surface area (Å²) in [6.07, 6.45) is -4.27. The number of rotatable bonds is 5. The minimum atomic E-state index is -4.53. The summed E-state index contributed by atoms with van der Waals surface area (Å²) in [4.78, 5) is 11.6. The molecule has 0 spiro atoms. The zero-order valence-corrected chi connectivity index (χ0v) is 12.1. The van der Waals surface area contributed by atoms with Crippen LogP contribution in [0.2, 0.25) is 0 Å². The van der Waals surface area contributed by atoms with Gasteiger partial charge in [0.1, 0.15) is 0 Å². The van der Waals surface area contributed by atoms with Gasteiger partial charge in [-0.15, -0.1) is 0 Å². The molecule has 0 saturated heterocycles. The Morgan fingerprint density at radius 3 is 2.60 bits per heavy atom. The number of nitrogen functional groups attached to an aromatic ring is 1. The molecule has 1 rings (SSSR count). The maximum atomic E-state index is 12.7. The van der Waals surface area contributed by atoms with Gasteiger partial charge in [-0.3, -0.25) is 4.79 Å². The average Bonchev–Trinajstić information content (AvgIpc) is 2.29. The molecular formula is C13H17F3N2OS. The van der Waals surface area contributed by atoms with Crippen molar-refractivity contribution >= 4 is 29.0 Å². The molecule has 1 amide bonds. The van der Waals surface area contributed by atoms with Crippen LogP contribution in [-0.4, -0.2) is 16.9 Å². The molecule has 0 aliphatic heterocycles. The number of anilines is 2. The monoisotopic (exact) mass is 306 g/mol. The van der Waals surface area contributed by atoms with Crippen molar-refractivity contribution in [2.45, 2.75) is 31.7 Å². The number of halogens is 3. The van der Waals surface area contributed by atoms with Crippen molar-refractivity contribution < 1.29 is 18.0 Å². The first-order valence-corrected chi connectivity index (χ1v) is 7.13. The van der Waals surface area contributed by atoms with Crippen LogP contribution >= 0.6 is 11.8 Å². The normalized spacial score (nSPS) is 11.7. The average molecular weight is 306 g/mol. The van der Waals surface area contributed by atoms with Crippen LogP contribution in [0.1, 0.15) is 25.8 Å². The molecule has 0 aliphatic carbocycles. The fourth-order valence-electron chi connectivity index (χ4n) is 1.49. The molecule has 3 N–H and O–H groups in total. The van der Waals surface area contributed by atoms with Crippen LogP contribution < -0.4 is 11.1 Å². The Hall–Kier alpha value is -1.37. The van der Waals surface area contributed by atoms with Crippen LogP contribution in [-0.2, 0) is 11.0 Å². The number of alkyl halides is 3. The number of nitrogens with two attached hydrogens (primary N) is 1. The molecule has 0 saturated carbocycles. The van der Waals surface area contributed by atoms with E-state index in [4.69, 9.17) is 5.73 Å². The van der Waals surface area contributed by atoms with Gasteiger partial charge in [0.2, 0.25) is 5.91 Å². The summed E-state index contributed by atoms with van der Waals surface area (Å²) in [7, 11) is 0. The summed E-state index contributed by atoms with van der Waals surface area (Å²) in [5, 5.41) is 2.86. The predicted molar refractivity (Wildman–Crippen MR) is 76.7 cm³/mol. The highest BCUT2D eigenvalue weighted by molar-refractivity contribution is 7.99. The van der Waals surface area contributed by atoms with E-state index in [9.17, 15) is 18.0 Å². The van der Waals surface area contributed by atoms with E-state index in [0.717, 1.165) is 12.1 Å². The molecule has 0 bridgehead atoms. The van der Waals surface area contributed by atoms with Gasteiger partial charge in [-0.05, 0) is 23.4 Å². The van der Waals surface area contributed by atoms with Gasteiger partial charge in [-0.25, -0.2) is 0 Å². The fourth-order valence-corrected chi connectivity index (χ4v) is 2.26. The fraction of sp³-hybridized carbons (Fsp3) is 0.462. The van der Waals surface area contributed by atoms with Crippen molar-refractivity contribution in [3.63, 3.8) is 0 Å². The van der Waals surface area contributed by atoms with Crippen LogP contribution in [0.3, 0.4) is 0 Å². The number of hydrogen-bond donors (Lipinski definition) is 2. The van der Waals surface area contributed by atoms with Crippen LogP contribution in [0, 0.1) is 0 Å². The maximum Gasteiger partial charge on any atom is 0.418 e. The van der Waals surface area contributed by atoms with Gasteiger partial charge < -0.3 is 11.1 Å². The van der Waals surface area contributed by atoms with E-state index >= 15 is 0 Å².